The molecule has 1 spiro atoms. The molecule has 4 nitrogen and oxygen atoms in total. The second-order valence-electron chi connectivity index (χ2n) is 10.00. The Kier molecular flexibility index (Phi) is 3.65. The SMILES string of the molecule is Cc1nc2c(n1-c1cccc(-c3ccccc3)c1)CC[C@@]13CC1(C)C(=O)C(C#N)=C[C@]23C. The summed E-state index contributed by atoms with van der Waals surface area (Å²) in [5.74, 6) is 0.970. The average Bonchev–Trinajstić information content (AvgIpc) is 3.30. The van der Waals surface area contributed by atoms with Crippen LogP contribution in [0.25, 0.3) is 16.8 Å². The molecular formula is C28H25N3O. The van der Waals surface area contributed by atoms with Crippen LogP contribution < -0.4 is 0 Å². The molecule has 3 aliphatic rings. The zero-order valence-electron chi connectivity index (χ0n) is 18.6. The number of hydrogen-bond acceptors (Lipinski definition) is 3. The lowest BCUT2D eigenvalue weighted by Gasteiger charge is -2.44. The van der Waals surface area contributed by atoms with Crippen molar-refractivity contribution in [2.75, 3.05) is 0 Å². The number of benzene rings is 2. The van der Waals surface area contributed by atoms with E-state index in [1.165, 1.54) is 16.8 Å². The van der Waals surface area contributed by atoms with Crippen molar-refractivity contribution in [2.24, 2.45) is 10.8 Å². The molecule has 1 unspecified atom stereocenters. The number of nitrogens with zero attached hydrogens (tertiary/aromatic N) is 3. The van der Waals surface area contributed by atoms with Gasteiger partial charge in [-0.25, -0.2) is 4.98 Å². The van der Waals surface area contributed by atoms with E-state index in [9.17, 15) is 10.1 Å². The maximum Gasteiger partial charge on any atom is 0.179 e. The highest BCUT2D eigenvalue weighted by atomic mass is 16.1. The second-order valence-corrected chi connectivity index (χ2v) is 10.00. The summed E-state index contributed by atoms with van der Waals surface area (Å²) in [6.45, 7) is 6.30. The fourth-order valence-corrected chi connectivity index (χ4v) is 6.76. The number of nitriles is 1. The number of Topliss-reactive ketones (excluding diaryl/α,β-unsaturated/α-hetero) is 1. The van der Waals surface area contributed by atoms with Crippen molar-refractivity contribution < 1.29 is 4.79 Å². The molecule has 1 fully saturated rings. The van der Waals surface area contributed by atoms with Crippen LogP contribution in [0.15, 0.2) is 66.2 Å². The second kappa shape index (κ2) is 6.07. The first-order valence-corrected chi connectivity index (χ1v) is 11.3. The quantitative estimate of drug-likeness (QED) is 0.553. The molecule has 2 aromatic carbocycles. The van der Waals surface area contributed by atoms with Gasteiger partial charge in [-0.05, 0) is 61.8 Å². The standard InChI is InChI=1S/C28H25N3O/c1-18-30-24-23(31(18)22-11-7-10-20(14-22)19-8-5-4-6-9-19)12-13-28-17-27(28,3)25(32)21(16-29)15-26(24,28)2/h4-11,14-15H,12-13,17H2,1-3H3/t26-,27?,28+/m1/s1. The van der Waals surface area contributed by atoms with Gasteiger partial charge in [-0.1, -0.05) is 55.5 Å². The van der Waals surface area contributed by atoms with E-state index >= 15 is 0 Å². The minimum Gasteiger partial charge on any atom is -0.301 e. The monoisotopic (exact) mass is 419 g/mol. The number of ketones is 1. The van der Waals surface area contributed by atoms with Gasteiger partial charge in [0, 0.05) is 22.2 Å². The van der Waals surface area contributed by atoms with Gasteiger partial charge in [-0.2, -0.15) is 5.26 Å². The van der Waals surface area contributed by atoms with Crippen molar-refractivity contribution in [3.8, 4) is 22.9 Å². The molecule has 0 bridgehead atoms. The normalized spacial score (nSPS) is 29.9. The fraction of sp³-hybridized carbons (Fsp3) is 0.321. The van der Waals surface area contributed by atoms with Gasteiger partial charge < -0.3 is 4.57 Å². The van der Waals surface area contributed by atoms with Gasteiger partial charge in [0.05, 0.1) is 11.3 Å². The topological polar surface area (TPSA) is 58.7 Å². The van der Waals surface area contributed by atoms with Gasteiger partial charge in [-0.15, -0.1) is 0 Å². The lowest BCUT2D eigenvalue weighted by atomic mass is 9.58. The molecule has 0 radical (unpaired) electrons. The Morgan fingerprint density at radius 1 is 1.06 bits per heavy atom. The lowest BCUT2D eigenvalue weighted by Crippen LogP contribution is -2.46. The molecule has 1 aromatic heterocycles. The molecule has 0 saturated heterocycles. The summed E-state index contributed by atoms with van der Waals surface area (Å²) >= 11 is 0. The molecule has 4 heteroatoms. The Bertz CT molecular complexity index is 1380. The fourth-order valence-electron chi connectivity index (χ4n) is 6.76. The molecule has 3 atom stereocenters. The van der Waals surface area contributed by atoms with E-state index < -0.39 is 10.8 Å². The van der Waals surface area contributed by atoms with E-state index in [1.807, 2.05) is 12.1 Å². The number of carbonyl (C=O) groups is 1. The summed E-state index contributed by atoms with van der Waals surface area (Å²) in [4.78, 5) is 18.1. The van der Waals surface area contributed by atoms with E-state index in [2.05, 4.69) is 79.9 Å². The summed E-state index contributed by atoms with van der Waals surface area (Å²) < 4.78 is 2.27. The van der Waals surface area contributed by atoms with Gasteiger partial charge in [0.2, 0.25) is 0 Å². The first-order valence-electron chi connectivity index (χ1n) is 11.3. The molecule has 0 aliphatic heterocycles. The van der Waals surface area contributed by atoms with E-state index in [4.69, 9.17) is 4.98 Å². The van der Waals surface area contributed by atoms with Crippen LogP contribution in [0.3, 0.4) is 0 Å². The summed E-state index contributed by atoms with van der Waals surface area (Å²) in [5, 5.41) is 9.67. The van der Waals surface area contributed by atoms with Crippen LogP contribution >= 0.6 is 0 Å². The van der Waals surface area contributed by atoms with E-state index in [-0.39, 0.29) is 11.2 Å². The molecule has 158 valence electrons. The van der Waals surface area contributed by atoms with Crippen LogP contribution in [0.5, 0.6) is 0 Å². The number of hydrogen-bond donors (Lipinski definition) is 0. The third kappa shape index (κ3) is 2.16. The third-order valence-electron chi connectivity index (χ3n) is 8.51. The summed E-state index contributed by atoms with van der Waals surface area (Å²) in [5.41, 5.74) is 5.05. The number of rotatable bonds is 2. The van der Waals surface area contributed by atoms with Crippen LogP contribution in [0.4, 0.5) is 0 Å². The predicted octanol–water partition coefficient (Wildman–Crippen LogP) is 5.48. The van der Waals surface area contributed by atoms with Crippen LogP contribution in [0.2, 0.25) is 0 Å². The molecule has 3 aromatic rings. The van der Waals surface area contributed by atoms with E-state index in [1.54, 1.807) is 0 Å². The highest BCUT2D eigenvalue weighted by Crippen LogP contribution is 2.78. The highest BCUT2D eigenvalue weighted by molar-refractivity contribution is 6.07. The molecule has 3 aliphatic carbocycles. The van der Waals surface area contributed by atoms with Gasteiger partial charge >= 0.3 is 0 Å². The van der Waals surface area contributed by atoms with Crippen molar-refractivity contribution in [2.45, 2.75) is 45.4 Å². The number of aromatic nitrogens is 2. The predicted molar refractivity (Wildman–Crippen MR) is 123 cm³/mol. The molecule has 0 amide bonds. The Labute approximate surface area is 188 Å². The number of aryl methyl sites for hydroxylation is 1. The van der Waals surface area contributed by atoms with Gasteiger partial charge in [0.15, 0.2) is 5.78 Å². The van der Waals surface area contributed by atoms with E-state index in [0.717, 1.165) is 36.5 Å². The molecule has 6 rings (SSSR count). The zero-order chi connectivity index (χ0) is 22.3. The number of allylic oxidation sites excluding steroid dienone is 2. The average molecular weight is 420 g/mol. The maximum atomic E-state index is 13.0. The molecule has 1 heterocycles. The minimum absolute atomic E-state index is 0.0210. The van der Waals surface area contributed by atoms with Crippen LogP contribution in [0.1, 0.15) is 43.9 Å². The van der Waals surface area contributed by atoms with Crippen molar-refractivity contribution in [1.82, 2.24) is 9.55 Å². The van der Waals surface area contributed by atoms with Gasteiger partial charge in [-0.3, -0.25) is 4.79 Å². The molecule has 32 heavy (non-hydrogen) atoms. The van der Waals surface area contributed by atoms with Crippen molar-refractivity contribution in [1.29, 1.82) is 5.26 Å². The van der Waals surface area contributed by atoms with Crippen LogP contribution in [0, 0.1) is 29.1 Å². The number of fused-ring (bicyclic) bond motifs is 2. The van der Waals surface area contributed by atoms with E-state index in [0.29, 0.717) is 5.57 Å². The van der Waals surface area contributed by atoms with Crippen molar-refractivity contribution in [3.63, 3.8) is 0 Å². The Hall–Kier alpha value is -3.45. The Morgan fingerprint density at radius 2 is 1.81 bits per heavy atom. The first-order chi connectivity index (χ1) is 15.3. The maximum absolute atomic E-state index is 13.0. The highest BCUT2D eigenvalue weighted by Gasteiger charge is 2.78. The lowest BCUT2D eigenvalue weighted by molar-refractivity contribution is -0.122. The molecular weight excluding hydrogens is 394 g/mol. The summed E-state index contributed by atoms with van der Waals surface area (Å²) in [6.07, 6.45) is 4.60. The largest absolute Gasteiger partial charge is 0.301 e. The number of imidazole rings is 1. The minimum atomic E-state index is -0.440. The first kappa shape index (κ1) is 19.3. The summed E-state index contributed by atoms with van der Waals surface area (Å²) in [7, 11) is 0. The molecule has 0 N–H and O–H groups in total. The van der Waals surface area contributed by atoms with Crippen LogP contribution in [-0.2, 0) is 16.6 Å². The molecule has 1 saturated carbocycles. The van der Waals surface area contributed by atoms with Gasteiger partial charge in [0.25, 0.3) is 0 Å². The third-order valence-corrected chi connectivity index (χ3v) is 8.51. The number of carbonyl (C=O) groups excluding carboxylic acids is 1. The zero-order valence-corrected chi connectivity index (χ0v) is 18.6. The Morgan fingerprint density at radius 3 is 2.56 bits per heavy atom. The van der Waals surface area contributed by atoms with Gasteiger partial charge in [0.1, 0.15) is 11.9 Å². The van der Waals surface area contributed by atoms with Crippen LogP contribution in [-0.4, -0.2) is 15.3 Å². The Balaban J connectivity index is 1.53. The van der Waals surface area contributed by atoms with Crippen molar-refractivity contribution in [3.05, 3.63) is 83.5 Å². The smallest absolute Gasteiger partial charge is 0.179 e. The summed E-state index contributed by atoms with van der Waals surface area (Å²) in [6, 6.07) is 21.2. The van der Waals surface area contributed by atoms with Crippen molar-refractivity contribution >= 4 is 5.78 Å².